The Morgan fingerprint density at radius 3 is 1.78 bits per heavy atom. The fraction of sp³-hybridized carbons (Fsp3) is 0.0204. The third-order valence-corrected chi connectivity index (χ3v) is 9.97. The van der Waals surface area contributed by atoms with Crippen molar-refractivity contribution in [3.05, 3.63) is 188 Å². The van der Waals surface area contributed by atoms with Crippen LogP contribution in [-0.2, 0) is 0 Å². The summed E-state index contributed by atoms with van der Waals surface area (Å²) in [6.07, 6.45) is 1.92. The average molecular weight is 651 g/mol. The summed E-state index contributed by atoms with van der Waals surface area (Å²) in [7, 11) is 0. The Labute approximate surface area is 297 Å². The third kappa shape index (κ3) is 5.29. The molecule has 0 N–H and O–H groups in total. The minimum atomic E-state index is 0.928. The molecule has 0 spiro atoms. The molecule has 0 atom stereocenters. The van der Waals surface area contributed by atoms with Crippen molar-refractivity contribution in [3.63, 3.8) is 0 Å². The molecule has 0 bridgehead atoms. The molecular formula is C49H34N2. The fourth-order valence-corrected chi connectivity index (χ4v) is 7.58. The first kappa shape index (κ1) is 30.4. The minimum Gasteiger partial charge on any atom is -0.252 e. The van der Waals surface area contributed by atoms with E-state index in [9.17, 15) is 0 Å². The molecule has 0 aliphatic heterocycles. The van der Waals surface area contributed by atoms with Gasteiger partial charge in [0.15, 0.2) is 0 Å². The Kier molecular flexibility index (Phi) is 7.56. The molecular weight excluding hydrogens is 617 g/mol. The number of aromatic nitrogens is 1. The number of benzene rings is 8. The molecule has 8 aromatic carbocycles. The predicted molar refractivity (Wildman–Crippen MR) is 219 cm³/mol. The highest BCUT2D eigenvalue weighted by Crippen LogP contribution is 2.42. The van der Waals surface area contributed by atoms with E-state index in [1.54, 1.807) is 0 Å². The summed E-state index contributed by atoms with van der Waals surface area (Å²) in [6.45, 7) is 6.31. The van der Waals surface area contributed by atoms with E-state index < -0.39 is 0 Å². The van der Waals surface area contributed by atoms with Gasteiger partial charge in [0.1, 0.15) is 0 Å². The van der Waals surface area contributed by atoms with Crippen LogP contribution in [0.15, 0.2) is 181 Å². The van der Waals surface area contributed by atoms with Crippen molar-refractivity contribution in [2.45, 2.75) is 6.92 Å². The highest BCUT2D eigenvalue weighted by atomic mass is 14.8. The van der Waals surface area contributed by atoms with Crippen LogP contribution in [0, 0.1) is 0 Å². The largest absolute Gasteiger partial charge is 0.252 e. The third-order valence-electron chi connectivity index (χ3n) is 9.97. The molecule has 0 unspecified atom stereocenters. The summed E-state index contributed by atoms with van der Waals surface area (Å²) in [4.78, 5) is 10.8. The van der Waals surface area contributed by atoms with Gasteiger partial charge < -0.3 is 0 Å². The van der Waals surface area contributed by atoms with Crippen LogP contribution in [0.5, 0.6) is 0 Å². The first-order valence-electron chi connectivity index (χ1n) is 17.4. The smallest absolute Gasteiger partial charge is 0.0794 e. The van der Waals surface area contributed by atoms with Crippen LogP contribution in [0.2, 0.25) is 0 Å². The highest BCUT2D eigenvalue weighted by Gasteiger charge is 2.17. The van der Waals surface area contributed by atoms with E-state index in [1.807, 2.05) is 6.08 Å². The second-order valence-electron chi connectivity index (χ2n) is 13.0. The number of hydrogen-bond acceptors (Lipinski definition) is 2. The average Bonchev–Trinajstić information content (AvgIpc) is 3.19. The van der Waals surface area contributed by atoms with Gasteiger partial charge in [0, 0.05) is 38.9 Å². The molecule has 0 aliphatic rings. The van der Waals surface area contributed by atoms with Gasteiger partial charge in [-0.15, -0.1) is 0 Å². The van der Waals surface area contributed by atoms with Crippen molar-refractivity contribution in [2.75, 3.05) is 0 Å². The van der Waals surface area contributed by atoms with E-state index in [-0.39, 0.29) is 0 Å². The fourth-order valence-electron chi connectivity index (χ4n) is 7.58. The van der Waals surface area contributed by atoms with Gasteiger partial charge in [-0.25, -0.2) is 4.98 Å². The zero-order valence-corrected chi connectivity index (χ0v) is 28.3. The number of rotatable bonds is 6. The molecule has 1 aromatic heterocycles. The molecule has 240 valence electrons. The first-order chi connectivity index (χ1) is 25.2. The molecule has 0 saturated carbocycles. The lowest BCUT2D eigenvalue weighted by molar-refractivity contribution is 1.41. The maximum absolute atomic E-state index is 5.42. The van der Waals surface area contributed by atoms with Gasteiger partial charge >= 0.3 is 0 Å². The summed E-state index contributed by atoms with van der Waals surface area (Å²) in [6, 6.07) is 60.2. The lowest BCUT2D eigenvalue weighted by Gasteiger charge is -2.16. The number of hydrogen-bond donors (Lipinski definition) is 0. The van der Waals surface area contributed by atoms with E-state index in [0.29, 0.717) is 0 Å². The maximum Gasteiger partial charge on any atom is 0.0794 e. The van der Waals surface area contributed by atoms with E-state index in [4.69, 9.17) is 9.98 Å². The van der Waals surface area contributed by atoms with Crippen molar-refractivity contribution in [1.82, 2.24) is 4.98 Å². The Morgan fingerprint density at radius 1 is 0.529 bits per heavy atom. The summed E-state index contributed by atoms with van der Waals surface area (Å²) in [5.74, 6) is 0. The Balaban J connectivity index is 1.23. The zero-order valence-electron chi connectivity index (χ0n) is 28.3. The van der Waals surface area contributed by atoms with Crippen molar-refractivity contribution in [1.29, 1.82) is 0 Å². The summed E-state index contributed by atoms with van der Waals surface area (Å²) < 4.78 is 0. The number of fused-ring (bicyclic) bond motifs is 4. The second kappa shape index (κ2) is 12.7. The SMILES string of the molecule is C=Cc1cc2ccccc2c(-c2ccccc2)c1N=C(C)c1ccc(-c2ccc3cc4ccccc4c(-c4ccccc4)c3n2)c2ccccc12. The van der Waals surface area contributed by atoms with E-state index in [2.05, 4.69) is 183 Å². The summed E-state index contributed by atoms with van der Waals surface area (Å²) in [5.41, 5.74) is 11.6. The van der Waals surface area contributed by atoms with Gasteiger partial charge in [-0.1, -0.05) is 164 Å². The molecule has 0 amide bonds. The van der Waals surface area contributed by atoms with Crippen LogP contribution < -0.4 is 0 Å². The van der Waals surface area contributed by atoms with Crippen LogP contribution >= 0.6 is 0 Å². The van der Waals surface area contributed by atoms with Crippen molar-refractivity contribution >= 4 is 60.7 Å². The Bertz CT molecular complexity index is 2810. The molecule has 0 saturated heterocycles. The maximum atomic E-state index is 5.42. The summed E-state index contributed by atoms with van der Waals surface area (Å²) in [5, 5.41) is 8.17. The van der Waals surface area contributed by atoms with Crippen molar-refractivity contribution < 1.29 is 0 Å². The quantitative estimate of drug-likeness (QED) is 0.130. The van der Waals surface area contributed by atoms with Crippen LogP contribution in [-0.4, -0.2) is 10.7 Å². The molecule has 0 aliphatic carbocycles. The van der Waals surface area contributed by atoms with Crippen LogP contribution in [0.1, 0.15) is 18.1 Å². The van der Waals surface area contributed by atoms with Crippen LogP contribution in [0.25, 0.3) is 82.8 Å². The van der Waals surface area contributed by atoms with Crippen molar-refractivity contribution in [2.24, 2.45) is 4.99 Å². The Hall–Kier alpha value is -6.64. The lowest BCUT2D eigenvalue weighted by Crippen LogP contribution is -1.99. The lowest BCUT2D eigenvalue weighted by atomic mass is 9.92. The number of aliphatic imine (C=N–C) groups is 1. The molecule has 9 aromatic rings. The van der Waals surface area contributed by atoms with Crippen LogP contribution in [0.4, 0.5) is 5.69 Å². The molecule has 9 rings (SSSR count). The van der Waals surface area contributed by atoms with Gasteiger partial charge in [0.25, 0.3) is 0 Å². The normalized spacial score (nSPS) is 11.8. The van der Waals surface area contributed by atoms with Gasteiger partial charge in [0.2, 0.25) is 0 Å². The van der Waals surface area contributed by atoms with Gasteiger partial charge in [-0.05, 0) is 68.6 Å². The molecule has 2 nitrogen and oxygen atoms in total. The van der Waals surface area contributed by atoms with E-state index in [0.717, 1.165) is 72.1 Å². The van der Waals surface area contributed by atoms with Gasteiger partial charge in [-0.2, -0.15) is 0 Å². The summed E-state index contributed by atoms with van der Waals surface area (Å²) >= 11 is 0. The zero-order chi connectivity index (χ0) is 34.3. The standard InChI is InChI=1S/C49H34N2/c1-3-33-30-36-20-10-12-22-40(36)46(34-16-6-4-7-17-34)48(33)50-32(2)39-27-28-44(43-25-15-14-24-42(39)43)45-29-26-38-31-37-21-11-13-23-41(37)47(49(38)51-45)35-18-8-5-9-19-35/h3-31H,1H2,2H3. The highest BCUT2D eigenvalue weighted by molar-refractivity contribution is 6.16. The number of nitrogens with zero attached hydrogens (tertiary/aromatic N) is 2. The second-order valence-corrected chi connectivity index (χ2v) is 13.0. The van der Waals surface area contributed by atoms with Crippen molar-refractivity contribution in [3.8, 4) is 33.5 Å². The molecule has 2 heteroatoms. The first-order valence-corrected chi connectivity index (χ1v) is 17.4. The Morgan fingerprint density at radius 2 is 1.10 bits per heavy atom. The minimum absolute atomic E-state index is 0.928. The molecule has 51 heavy (non-hydrogen) atoms. The molecule has 0 fully saturated rings. The van der Waals surface area contributed by atoms with Crippen LogP contribution in [0.3, 0.4) is 0 Å². The molecule has 1 heterocycles. The molecule has 0 radical (unpaired) electrons. The van der Waals surface area contributed by atoms with E-state index in [1.165, 1.54) is 27.1 Å². The predicted octanol–water partition coefficient (Wildman–Crippen LogP) is 13.5. The van der Waals surface area contributed by atoms with Gasteiger partial charge in [0.05, 0.1) is 16.9 Å². The van der Waals surface area contributed by atoms with E-state index >= 15 is 0 Å². The topological polar surface area (TPSA) is 25.2 Å². The monoisotopic (exact) mass is 650 g/mol. The van der Waals surface area contributed by atoms with Gasteiger partial charge in [-0.3, -0.25) is 4.99 Å². The number of pyridine rings is 1.